The Balaban J connectivity index is 1.94. The highest BCUT2D eigenvalue weighted by molar-refractivity contribution is 5.72. The summed E-state index contributed by atoms with van der Waals surface area (Å²) in [5, 5.41) is 1.38. The summed E-state index contributed by atoms with van der Waals surface area (Å²) >= 11 is 0. The second-order valence-corrected chi connectivity index (χ2v) is 3.49. The molecule has 0 bridgehead atoms. The predicted molar refractivity (Wildman–Crippen MR) is 52.5 cm³/mol. The number of hydrogen-bond acceptors (Lipinski definition) is 2. The van der Waals surface area contributed by atoms with Crippen molar-refractivity contribution in [2.75, 3.05) is 6.54 Å². The van der Waals surface area contributed by atoms with Crippen LogP contribution in [0.2, 0.25) is 0 Å². The third-order valence-corrected chi connectivity index (χ3v) is 2.15. The maximum atomic E-state index is 11.2. The van der Waals surface area contributed by atoms with Gasteiger partial charge in [-0.3, -0.25) is 0 Å². The molecule has 14 heavy (non-hydrogen) atoms. The first-order valence-electron chi connectivity index (χ1n) is 4.82. The number of allylic oxidation sites excluding steroid dienone is 3. The Morgan fingerprint density at radius 2 is 2.43 bits per heavy atom. The summed E-state index contributed by atoms with van der Waals surface area (Å²) in [7, 11) is 0. The smallest absolute Gasteiger partial charge is 0.396 e. The molecule has 0 saturated carbocycles. The zero-order chi connectivity index (χ0) is 9.97. The third-order valence-electron chi connectivity index (χ3n) is 2.15. The summed E-state index contributed by atoms with van der Waals surface area (Å²) in [6, 6.07) is 0. The van der Waals surface area contributed by atoms with Gasteiger partial charge in [-0.2, -0.15) is 0 Å². The monoisotopic (exact) mass is 193 g/mol. The van der Waals surface area contributed by atoms with E-state index in [1.807, 2.05) is 19.1 Å². The minimum absolute atomic E-state index is 0.0561. The largest absolute Gasteiger partial charge is 0.590 e. The fourth-order valence-electron chi connectivity index (χ4n) is 1.48. The lowest BCUT2D eigenvalue weighted by Crippen LogP contribution is -2.20. The van der Waals surface area contributed by atoms with Gasteiger partial charge in [-0.15, -0.1) is 5.70 Å². The molecule has 1 heterocycles. The zero-order valence-corrected chi connectivity index (χ0v) is 8.14. The van der Waals surface area contributed by atoms with Crippen molar-refractivity contribution >= 4 is 6.09 Å². The Labute approximate surface area is 83.2 Å². The van der Waals surface area contributed by atoms with Gasteiger partial charge in [0.2, 0.25) is 0 Å². The van der Waals surface area contributed by atoms with Crippen LogP contribution in [0.3, 0.4) is 0 Å². The first-order valence-corrected chi connectivity index (χ1v) is 4.82. The average Bonchev–Trinajstić information content (AvgIpc) is 2.47. The molecule has 76 valence electrons. The molecule has 0 radical (unpaired) electrons. The van der Waals surface area contributed by atoms with Crippen LogP contribution in [0.15, 0.2) is 23.9 Å². The van der Waals surface area contributed by atoms with Gasteiger partial charge < -0.3 is 15.2 Å². The van der Waals surface area contributed by atoms with E-state index in [-0.39, 0.29) is 12.2 Å². The first kappa shape index (κ1) is 9.12. The molecule has 1 fully saturated rings. The van der Waals surface area contributed by atoms with Crippen molar-refractivity contribution in [3.63, 3.8) is 0 Å². The molecule has 4 nitrogen and oxygen atoms in total. The van der Waals surface area contributed by atoms with E-state index in [9.17, 15) is 4.79 Å². The number of carbonyl (C=O) groups is 1. The molecule has 0 N–H and O–H groups in total. The molecular weight excluding hydrogens is 180 g/mol. The lowest BCUT2D eigenvalue weighted by molar-refractivity contribution is 0.141. The van der Waals surface area contributed by atoms with Crippen molar-refractivity contribution in [1.29, 1.82) is 0 Å². The van der Waals surface area contributed by atoms with Crippen molar-refractivity contribution < 1.29 is 9.53 Å². The van der Waals surface area contributed by atoms with Crippen LogP contribution in [-0.4, -0.2) is 23.8 Å². The van der Waals surface area contributed by atoms with Crippen LogP contribution in [0.4, 0.5) is 4.79 Å². The van der Waals surface area contributed by atoms with Gasteiger partial charge in [-0.1, -0.05) is 18.2 Å². The van der Waals surface area contributed by atoms with Crippen LogP contribution < -0.4 is 0 Å². The highest BCUT2D eigenvalue weighted by atomic mass is 16.6. The highest BCUT2D eigenvalue weighted by Gasteiger charge is 2.22. The number of ether oxygens (including phenoxy) is 1. The lowest BCUT2D eigenvalue weighted by atomic mass is 10.1. The van der Waals surface area contributed by atoms with Gasteiger partial charge >= 0.3 is 6.09 Å². The van der Waals surface area contributed by atoms with Gasteiger partial charge in [0.25, 0.3) is 0 Å². The number of hydrogen-bond donors (Lipinski definition) is 0. The van der Waals surface area contributed by atoms with Gasteiger partial charge in [-0.05, 0) is 19.8 Å². The van der Waals surface area contributed by atoms with E-state index >= 15 is 0 Å². The SMILES string of the molecule is CC1CN([N-]C2=CCCC=C2)C(=O)O1. The van der Waals surface area contributed by atoms with Gasteiger partial charge in [0.15, 0.2) is 0 Å². The number of nitrogens with zero attached hydrogens (tertiary/aromatic N) is 2. The van der Waals surface area contributed by atoms with E-state index < -0.39 is 0 Å². The molecular formula is C10H13N2O2-. The van der Waals surface area contributed by atoms with Crippen LogP contribution in [0, 0.1) is 0 Å². The summed E-state index contributed by atoms with van der Waals surface area (Å²) in [6.45, 7) is 2.41. The molecule has 0 aromatic carbocycles. The van der Waals surface area contributed by atoms with E-state index in [4.69, 9.17) is 4.74 Å². The maximum absolute atomic E-state index is 11.2. The maximum Gasteiger partial charge on any atom is 0.396 e. The molecule has 1 aliphatic heterocycles. The van der Waals surface area contributed by atoms with Gasteiger partial charge in [0.05, 0.1) is 0 Å². The number of amides is 1. The van der Waals surface area contributed by atoms with Crippen LogP contribution >= 0.6 is 0 Å². The molecule has 0 spiro atoms. The van der Waals surface area contributed by atoms with Gasteiger partial charge in [0, 0.05) is 6.54 Å². The predicted octanol–water partition coefficient (Wildman–Crippen LogP) is 2.35. The normalized spacial score (nSPS) is 26.1. The minimum Gasteiger partial charge on any atom is -0.590 e. The van der Waals surface area contributed by atoms with Crippen molar-refractivity contribution in [2.24, 2.45) is 0 Å². The average molecular weight is 193 g/mol. The summed E-state index contributed by atoms with van der Waals surface area (Å²) in [5.74, 6) is 0. The summed E-state index contributed by atoms with van der Waals surface area (Å²) < 4.78 is 4.96. The van der Waals surface area contributed by atoms with Crippen molar-refractivity contribution in [1.82, 2.24) is 5.01 Å². The van der Waals surface area contributed by atoms with Crippen LogP contribution in [-0.2, 0) is 4.74 Å². The van der Waals surface area contributed by atoms with E-state index in [0.29, 0.717) is 6.54 Å². The molecule has 1 aliphatic carbocycles. The first-order chi connectivity index (χ1) is 6.75. The quantitative estimate of drug-likeness (QED) is 0.675. The Morgan fingerprint density at radius 3 is 3.00 bits per heavy atom. The Morgan fingerprint density at radius 1 is 1.57 bits per heavy atom. The fraction of sp³-hybridized carbons (Fsp3) is 0.500. The topological polar surface area (TPSA) is 43.6 Å². The molecule has 4 heteroatoms. The van der Waals surface area contributed by atoms with Crippen LogP contribution in [0.1, 0.15) is 19.8 Å². The van der Waals surface area contributed by atoms with E-state index in [1.54, 1.807) is 0 Å². The third kappa shape index (κ3) is 1.89. The van der Waals surface area contributed by atoms with Crippen molar-refractivity contribution in [3.05, 3.63) is 29.4 Å². The molecule has 0 aromatic heterocycles. The van der Waals surface area contributed by atoms with Crippen molar-refractivity contribution in [3.8, 4) is 0 Å². The molecule has 0 aromatic rings. The highest BCUT2D eigenvalue weighted by Crippen LogP contribution is 2.22. The Kier molecular flexibility index (Phi) is 2.43. The Bertz CT molecular complexity index is 296. The van der Waals surface area contributed by atoms with E-state index in [2.05, 4.69) is 11.5 Å². The zero-order valence-electron chi connectivity index (χ0n) is 8.14. The van der Waals surface area contributed by atoms with Gasteiger partial charge in [-0.25, -0.2) is 4.79 Å². The molecule has 2 aliphatic rings. The summed E-state index contributed by atoms with van der Waals surface area (Å²) in [5.41, 5.74) is 5.05. The molecule has 1 unspecified atom stereocenters. The lowest BCUT2D eigenvalue weighted by Gasteiger charge is -2.33. The molecule has 1 atom stereocenters. The second-order valence-electron chi connectivity index (χ2n) is 3.49. The molecule has 1 amide bonds. The number of carbonyl (C=O) groups excluding carboxylic acids is 1. The molecule has 2 rings (SSSR count). The standard InChI is InChI=1S/C10H13N2O2/c1-8-7-12(10(13)14-8)11-9-5-3-2-4-6-9/h3,5-6,8H,2,4,7H2,1H3/q-1. The second kappa shape index (κ2) is 3.74. The Hall–Kier alpha value is -1.45. The van der Waals surface area contributed by atoms with Crippen LogP contribution in [0.5, 0.6) is 0 Å². The van der Waals surface area contributed by atoms with Gasteiger partial charge in [0.1, 0.15) is 6.10 Å². The summed E-state index contributed by atoms with van der Waals surface area (Å²) in [6.07, 6.45) is 7.66. The summed E-state index contributed by atoms with van der Waals surface area (Å²) in [4.78, 5) is 11.2. The van der Waals surface area contributed by atoms with Crippen molar-refractivity contribution in [2.45, 2.75) is 25.9 Å². The molecule has 1 saturated heterocycles. The number of rotatable bonds is 2. The van der Waals surface area contributed by atoms with E-state index in [0.717, 1.165) is 18.5 Å². The fourth-order valence-corrected chi connectivity index (χ4v) is 1.48. The van der Waals surface area contributed by atoms with Crippen LogP contribution in [0.25, 0.3) is 5.43 Å². The van der Waals surface area contributed by atoms with E-state index in [1.165, 1.54) is 5.01 Å². The number of cyclic esters (lactones) is 1. The minimum atomic E-state index is -0.350.